The molecule has 19 heteroatoms. The van der Waals surface area contributed by atoms with E-state index in [9.17, 15) is 19.2 Å². The van der Waals surface area contributed by atoms with Crippen molar-refractivity contribution in [3.8, 4) is 11.3 Å². The van der Waals surface area contributed by atoms with Crippen LogP contribution in [0.4, 0.5) is 35.0 Å². The molecule has 2 aromatic carbocycles. The number of aromatic nitrogens is 5. The standard InChI is InChI=1S/C44H45F4N11O4/c1-23(2)58-24(3)51-40-29(46)16-27(17-33(40)58)39-30(47)20-50-44(54-39)52-34-6-4-26(19-49-34)22-55-10-8-25(9-11-55)21-56-12-14-57(15-13-56)32-18-28(45)36-37(38(32)48)43(63)59(42(36)62)31-5-7-35(60)53-41(31)61/h4,6,16-20,23,25,31H,5,7-15,21-22H2,1-3H3,(H,53,60,61)(H,49,50,52,54)/i12D2,13D2,14D2,15D2. The molecule has 0 saturated carbocycles. The zero-order valence-corrected chi connectivity index (χ0v) is 34.1. The molecule has 5 aromatic rings. The van der Waals surface area contributed by atoms with Crippen molar-refractivity contribution in [2.75, 3.05) is 55.8 Å². The molecule has 7 heterocycles. The third-order valence-corrected chi connectivity index (χ3v) is 11.5. The summed E-state index contributed by atoms with van der Waals surface area (Å²) < 4.78 is 136. The summed E-state index contributed by atoms with van der Waals surface area (Å²) in [4.78, 5) is 70.7. The third kappa shape index (κ3) is 7.99. The van der Waals surface area contributed by atoms with Gasteiger partial charge in [-0.25, -0.2) is 37.5 Å². The number of hydrogen-bond donors (Lipinski definition) is 2. The van der Waals surface area contributed by atoms with Crippen LogP contribution in [0.3, 0.4) is 0 Å². The number of rotatable bonds is 10. The zero-order chi connectivity index (χ0) is 51.4. The van der Waals surface area contributed by atoms with Crippen LogP contribution in [0.15, 0.2) is 42.7 Å². The van der Waals surface area contributed by atoms with Gasteiger partial charge in [0.15, 0.2) is 17.5 Å². The highest BCUT2D eigenvalue weighted by molar-refractivity contribution is 6.24. The Labute approximate surface area is 370 Å². The van der Waals surface area contributed by atoms with Gasteiger partial charge in [-0.2, -0.15) is 0 Å². The second-order valence-corrected chi connectivity index (χ2v) is 16.0. The monoisotopic (exact) mass is 875 g/mol. The fraction of sp³-hybridized carbons (Fsp3) is 0.409. The Balaban J connectivity index is 0.861. The average molecular weight is 876 g/mol. The molecule has 4 aliphatic heterocycles. The van der Waals surface area contributed by atoms with Gasteiger partial charge in [0, 0.05) is 74.8 Å². The molecule has 328 valence electrons. The molecule has 9 rings (SSSR count). The van der Waals surface area contributed by atoms with Gasteiger partial charge in [-0.3, -0.25) is 39.2 Å². The molecule has 3 aromatic heterocycles. The fourth-order valence-corrected chi connectivity index (χ4v) is 8.46. The second kappa shape index (κ2) is 16.7. The van der Waals surface area contributed by atoms with Gasteiger partial charge < -0.3 is 14.8 Å². The highest BCUT2D eigenvalue weighted by Gasteiger charge is 2.48. The van der Waals surface area contributed by atoms with E-state index in [0.29, 0.717) is 54.5 Å². The smallest absolute Gasteiger partial charge is 0.265 e. The molecule has 3 fully saturated rings. The lowest BCUT2D eigenvalue weighted by Crippen LogP contribution is -2.54. The van der Waals surface area contributed by atoms with E-state index in [4.69, 9.17) is 11.0 Å². The summed E-state index contributed by atoms with van der Waals surface area (Å²) in [5.74, 6) is -9.19. The van der Waals surface area contributed by atoms with Crippen molar-refractivity contribution in [2.24, 2.45) is 5.92 Å². The number of anilines is 3. The van der Waals surface area contributed by atoms with Gasteiger partial charge in [0.05, 0.1) is 34.0 Å². The van der Waals surface area contributed by atoms with E-state index in [-0.39, 0.29) is 57.5 Å². The first-order valence-electron chi connectivity index (χ1n) is 24.2. The van der Waals surface area contributed by atoms with Crippen LogP contribution in [0.2, 0.25) is 0 Å². The van der Waals surface area contributed by atoms with Crippen LogP contribution in [0.1, 0.15) is 88.6 Å². The number of nitrogens with zero attached hydrogens (tertiary/aromatic N) is 9. The maximum absolute atomic E-state index is 16.6. The maximum Gasteiger partial charge on any atom is 0.265 e. The van der Waals surface area contributed by atoms with Crippen LogP contribution >= 0.6 is 0 Å². The van der Waals surface area contributed by atoms with Gasteiger partial charge in [0.2, 0.25) is 17.8 Å². The number of likely N-dealkylation sites (tertiary alicyclic amines) is 1. The molecule has 0 aliphatic carbocycles. The predicted molar refractivity (Wildman–Crippen MR) is 223 cm³/mol. The number of benzene rings is 2. The first-order valence-corrected chi connectivity index (χ1v) is 20.2. The van der Waals surface area contributed by atoms with Gasteiger partial charge in [-0.15, -0.1) is 0 Å². The highest BCUT2D eigenvalue weighted by atomic mass is 19.1. The summed E-state index contributed by atoms with van der Waals surface area (Å²) in [7, 11) is 0. The predicted octanol–water partition coefficient (Wildman–Crippen LogP) is 5.51. The number of aryl methyl sites for hydroxylation is 1. The molecule has 1 atom stereocenters. The molecule has 0 bridgehead atoms. The fourth-order valence-electron chi connectivity index (χ4n) is 8.46. The highest BCUT2D eigenvalue weighted by Crippen LogP contribution is 2.37. The van der Waals surface area contributed by atoms with E-state index in [1.54, 1.807) is 31.3 Å². The van der Waals surface area contributed by atoms with E-state index in [0.717, 1.165) is 11.8 Å². The number of fused-ring (bicyclic) bond motifs is 2. The molecule has 0 spiro atoms. The van der Waals surface area contributed by atoms with Crippen molar-refractivity contribution in [3.05, 3.63) is 88.5 Å². The zero-order valence-electron chi connectivity index (χ0n) is 42.1. The third-order valence-electron chi connectivity index (χ3n) is 11.5. The summed E-state index contributed by atoms with van der Waals surface area (Å²) in [6.07, 6.45) is 2.59. The Morgan fingerprint density at radius 2 is 1.60 bits per heavy atom. The molecule has 4 aliphatic rings. The molecular weight excluding hydrogens is 823 g/mol. The van der Waals surface area contributed by atoms with Crippen molar-refractivity contribution in [3.63, 3.8) is 0 Å². The Kier molecular flexibility index (Phi) is 8.84. The Morgan fingerprint density at radius 1 is 0.857 bits per heavy atom. The molecule has 4 amide bonds. The lowest BCUT2D eigenvalue weighted by Gasteiger charge is -2.39. The number of halogens is 4. The number of carbonyl (C=O) groups excluding carboxylic acids is 4. The summed E-state index contributed by atoms with van der Waals surface area (Å²) in [6.45, 7) is -7.84. The molecule has 15 nitrogen and oxygen atoms in total. The lowest BCUT2D eigenvalue weighted by molar-refractivity contribution is -0.136. The number of pyridine rings is 1. The number of piperazine rings is 1. The number of nitrogens with one attached hydrogen (secondary N) is 2. The van der Waals surface area contributed by atoms with Crippen LogP contribution in [-0.2, 0) is 16.1 Å². The van der Waals surface area contributed by atoms with Crippen LogP contribution in [-0.4, -0.2) is 114 Å². The van der Waals surface area contributed by atoms with E-state index >= 15 is 17.6 Å². The van der Waals surface area contributed by atoms with Crippen LogP contribution in [0.25, 0.3) is 22.3 Å². The van der Waals surface area contributed by atoms with Crippen molar-refractivity contribution in [2.45, 2.75) is 65.1 Å². The van der Waals surface area contributed by atoms with Crippen LogP contribution in [0, 0.1) is 36.1 Å². The molecule has 0 radical (unpaired) electrons. The van der Waals surface area contributed by atoms with Gasteiger partial charge >= 0.3 is 0 Å². The van der Waals surface area contributed by atoms with E-state index < -0.39 is 108 Å². The first kappa shape index (κ1) is 33.2. The Hall–Kier alpha value is -6.34. The number of hydrogen-bond acceptors (Lipinski definition) is 12. The minimum Gasteiger partial charge on any atom is -0.366 e. The number of carbonyl (C=O) groups is 4. The summed E-state index contributed by atoms with van der Waals surface area (Å²) in [5.41, 5.74) is -2.31. The van der Waals surface area contributed by atoms with Crippen molar-refractivity contribution in [1.82, 2.24) is 44.5 Å². The Morgan fingerprint density at radius 3 is 2.30 bits per heavy atom. The summed E-state index contributed by atoms with van der Waals surface area (Å²) in [6, 6.07) is 4.76. The number of imidazole rings is 1. The van der Waals surface area contributed by atoms with Crippen LogP contribution in [0.5, 0.6) is 0 Å². The molecule has 2 N–H and O–H groups in total. The molecule has 1 unspecified atom stereocenters. The summed E-state index contributed by atoms with van der Waals surface area (Å²) in [5, 5.41) is 4.88. The van der Waals surface area contributed by atoms with Crippen molar-refractivity contribution >= 4 is 52.1 Å². The quantitative estimate of drug-likeness (QED) is 0.134. The minimum absolute atomic E-state index is 0.00709. The summed E-state index contributed by atoms with van der Waals surface area (Å²) >= 11 is 0. The topological polar surface area (TPSA) is 162 Å². The largest absolute Gasteiger partial charge is 0.366 e. The SMILES string of the molecule is [2H]C1([2H])N(CC2CCN(Cc3ccc(Nc4ncc(F)c(-c5cc(F)c6nc(C)n(C(C)C)c6c5)n4)nc3)CC2)C([2H])([2H])C([2H])([2H])N(c2cc(F)c3c(c2F)C(=O)N(C2CCC(=O)NC2=O)C3=O)C1([2H])[2H]. The van der Waals surface area contributed by atoms with Crippen molar-refractivity contribution < 1.29 is 47.7 Å². The van der Waals surface area contributed by atoms with Gasteiger partial charge in [0.1, 0.15) is 34.7 Å². The molecule has 3 saturated heterocycles. The number of piperidine rings is 2. The molecular formula is C44H45F4N11O4. The van der Waals surface area contributed by atoms with Crippen LogP contribution < -0.4 is 15.5 Å². The maximum atomic E-state index is 16.6. The van der Waals surface area contributed by atoms with E-state index in [1.807, 2.05) is 23.7 Å². The first-order chi connectivity index (χ1) is 33.3. The molecule has 63 heavy (non-hydrogen) atoms. The van der Waals surface area contributed by atoms with E-state index in [1.165, 1.54) is 6.07 Å². The normalized spacial score (nSPS) is 24.2. The Bertz CT molecular complexity index is 3020. The average Bonchev–Trinajstić information content (AvgIpc) is 3.78. The lowest BCUT2D eigenvalue weighted by atomic mass is 9.95. The van der Waals surface area contributed by atoms with Gasteiger partial charge in [-0.05, 0) is 82.8 Å². The van der Waals surface area contributed by atoms with E-state index in [2.05, 4.69) is 30.2 Å². The van der Waals surface area contributed by atoms with Gasteiger partial charge in [0.25, 0.3) is 11.8 Å². The number of imide groups is 2. The van der Waals surface area contributed by atoms with Crippen molar-refractivity contribution in [1.29, 1.82) is 0 Å². The second-order valence-electron chi connectivity index (χ2n) is 16.0. The minimum atomic E-state index is -3.66. The number of amides is 4. The van der Waals surface area contributed by atoms with Gasteiger partial charge in [-0.1, -0.05) is 6.07 Å².